The summed E-state index contributed by atoms with van der Waals surface area (Å²) in [5.41, 5.74) is 1.34. The highest BCUT2D eigenvalue weighted by Crippen LogP contribution is 2.39. The lowest BCUT2D eigenvalue weighted by Gasteiger charge is -2.37. The molecule has 0 unspecified atom stereocenters. The molecule has 0 aromatic heterocycles. The first-order valence-electron chi connectivity index (χ1n) is 8.35. The number of nitro groups is 1. The summed E-state index contributed by atoms with van der Waals surface area (Å²) in [6.07, 6.45) is 3.74. The molecule has 6 nitrogen and oxygen atoms in total. The van der Waals surface area contributed by atoms with Crippen molar-refractivity contribution in [3.8, 4) is 5.75 Å². The molecule has 0 saturated heterocycles. The predicted octanol–water partition coefficient (Wildman–Crippen LogP) is 4.03. The number of benzene rings is 2. The van der Waals surface area contributed by atoms with Gasteiger partial charge in [-0.15, -0.1) is 0 Å². The number of hydrogen-bond acceptors (Lipinski definition) is 4. The van der Waals surface area contributed by atoms with Crippen LogP contribution in [0.3, 0.4) is 0 Å². The van der Waals surface area contributed by atoms with Crippen molar-refractivity contribution < 1.29 is 14.5 Å². The fraction of sp³-hybridized carbons (Fsp3) is 0.250. The monoisotopic (exact) mass is 352 g/mol. The predicted molar refractivity (Wildman–Crippen MR) is 98.8 cm³/mol. The lowest BCUT2D eigenvalue weighted by atomic mass is 9.89. The van der Waals surface area contributed by atoms with Gasteiger partial charge in [-0.05, 0) is 43.7 Å². The third-order valence-electron chi connectivity index (χ3n) is 4.22. The van der Waals surface area contributed by atoms with Crippen molar-refractivity contribution in [1.82, 2.24) is 5.32 Å². The van der Waals surface area contributed by atoms with E-state index in [-0.39, 0.29) is 23.2 Å². The normalized spacial score (nSPS) is 18.0. The van der Waals surface area contributed by atoms with Crippen LogP contribution in [0.5, 0.6) is 5.75 Å². The zero-order valence-electron chi connectivity index (χ0n) is 14.6. The van der Waals surface area contributed by atoms with E-state index in [1.165, 1.54) is 18.2 Å². The molecule has 1 aliphatic rings. The number of fused-ring (bicyclic) bond motifs is 1. The molecular formula is C20H20N2O4. The van der Waals surface area contributed by atoms with E-state index in [0.717, 1.165) is 16.9 Å². The second-order valence-corrected chi connectivity index (χ2v) is 6.85. The first-order valence-corrected chi connectivity index (χ1v) is 8.35. The molecule has 2 aromatic rings. The summed E-state index contributed by atoms with van der Waals surface area (Å²) in [4.78, 5) is 22.5. The molecule has 1 atom stereocenters. The summed E-state index contributed by atoms with van der Waals surface area (Å²) in [7, 11) is 0. The Morgan fingerprint density at radius 3 is 2.62 bits per heavy atom. The number of rotatable bonds is 4. The summed E-state index contributed by atoms with van der Waals surface area (Å²) >= 11 is 0. The van der Waals surface area contributed by atoms with E-state index in [9.17, 15) is 14.9 Å². The maximum absolute atomic E-state index is 12.3. The third kappa shape index (κ3) is 4.08. The van der Waals surface area contributed by atoms with Crippen molar-refractivity contribution in [2.75, 3.05) is 0 Å². The van der Waals surface area contributed by atoms with Crippen LogP contribution < -0.4 is 10.1 Å². The number of ether oxygens (including phenoxy) is 1. The van der Waals surface area contributed by atoms with Crippen LogP contribution in [0.15, 0.2) is 54.6 Å². The summed E-state index contributed by atoms with van der Waals surface area (Å²) < 4.78 is 5.97. The molecule has 3 rings (SSSR count). The number of non-ortho nitro benzene ring substituents is 1. The number of nitrogens with zero attached hydrogens (tertiary/aromatic N) is 1. The number of para-hydroxylation sites is 1. The minimum absolute atomic E-state index is 0.0210. The van der Waals surface area contributed by atoms with Crippen molar-refractivity contribution in [2.45, 2.75) is 31.9 Å². The van der Waals surface area contributed by atoms with Crippen molar-refractivity contribution in [3.63, 3.8) is 0 Å². The lowest BCUT2D eigenvalue weighted by molar-refractivity contribution is -0.384. The van der Waals surface area contributed by atoms with Gasteiger partial charge >= 0.3 is 0 Å². The average molecular weight is 352 g/mol. The second kappa shape index (κ2) is 7.00. The zero-order valence-corrected chi connectivity index (χ0v) is 14.6. The van der Waals surface area contributed by atoms with Gasteiger partial charge in [0.05, 0.1) is 11.0 Å². The number of amides is 1. The van der Waals surface area contributed by atoms with Crippen molar-refractivity contribution in [3.05, 3.63) is 75.8 Å². The second-order valence-electron chi connectivity index (χ2n) is 6.85. The summed E-state index contributed by atoms with van der Waals surface area (Å²) in [6.45, 7) is 3.99. The Morgan fingerprint density at radius 1 is 1.23 bits per heavy atom. The van der Waals surface area contributed by atoms with Crippen molar-refractivity contribution in [1.29, 1.82) is 0 Å². The average Bonchev–Trinajstić information content (AvgIpc) is 2.59. The number of nitro benzene ring substituents is 1. The molecular weight excluding hydrogens is 332 g/mol. The van der Waals surface area contributed by atoms with Gasteiger partial charge in [0.15, 0.2) is 0 Å². The van der Waals surface area contributed by atoms with Crippen LogP contribution in [0, 0.1) is 10.1 Å². The van der Waals surface area contributed by atoms with E-state index < -0.39 is 4.92 Å². The van der Waals surface area contributed by atoms with Crippen LogP contribution in [-0.4, -0.2) is 16.4 Å². The molecule has 0 saturated carbocycles. The van der Waals surface area contributed by atoms with E-state index >= 15 is 0 Å². The van der Waals surface area contributed by atoms with E-state index in [1.807, 2.05) is 38.1 Å². The highest BCUT2D eigenvalue weighted by Gasteiger charge is 2.33. The number of carbonyl (C=O) groups excluding carboxylic acids is 1. The van der Waals surface area contributed by atoms with Gasteiger partial charge < -0.3 is 10.1 Å². The van der Waals surface area contributed by atoms with Gasteiger partial charge in [-0.1, -0.05) is 18.2 Å². The van der Waals surface area contributed by atoms with Crippen LogP contribution in [0.2, 0.25) is 0 Å². The van der Waals surface area contributed by atoms with Gasteiger partial charge in [0.2, 0.25) is 5.91 Å². The molecule has 1 amide bonds. The van der Waals surface area contributed by atoms with E-state index in [1.54, 1.807) is 18.2 Å². The van der Waals surface area contributed by atoms with Crippen LogP contribution in [0.4, 0.5) is 5.69 Å². The van der Waals surface area contributed by atoms with Crippen LogP contribution in [0.25, 0.3) is 6.08 Å². The summed E-state index contributed by atoms with van der Waals surface area (Å²) in [5, 5.41) is 13.7. The Hall–Kier alpha value is -3.15. The summed E-state index contributed by atoms with van der Waals surface area (Å²) in [6, 6.07) is 13.6. The molecule has 6 heteroatoms. The summed E-state index contributed by atoms with van der Waals surface area (Å²) in [5.74, 6) is 0.564. The topological polar surface area (TPSA) is 81.5 Å². The highest BCUT2D eigenvalue weighted by molar-refractivity contribution is 5.92. The molecule has 1 N–H and O–H groups in total. The lowest BCUT2D eigenvalue weighted by Crippen LogP contribution is -2.40. The Balaban J connectivity index is 1.70. The van der Waals surface area contributed by atoms with Gasteiger partial charge in [0, 0.05) is 30.2 Å². The fourth-order valence-corrected chi connectivity index (χ4v) is 3.03. The Kier molecular flexibility index (Phi) is 4.75. The largest absolute Gasteiger partial charge is 0.487 e. The maximum atomic E-state index is 12.3. The smallest absolute Gasteiger partial charge is 0.269 e. The molecule has 1 heterocycles. The Bertz CT molecular complexity index is 856. The fourth-order valence-electron chi connectivity index (χ4n) is 3.03. The minimum atomic E-state index is -0.454. The van der Waals surface area contributed by atoms with Crippen LogP contribution in [-0.2, 0) is 4.79 Å². The number of nitrogens with one attached hydrogen (secondary N) is 1. The van der Waals surface area contributed by atoms with Gasteiger partial charge in [0.25, 0.3) is 5.69 Å². The van der Waals surface area contributed by atoms with Crippen molar-refractivity contribution >= 4 is 17.7 Å². The van der Waals surface area contributed by atoms with E-state index in [4.69, 9.17) is 4.74 Å². The Morgan fingerprint density at radius 2 is 1.92 bits per heavy atom. The van der Waals surface area contributed by atoms with Gasteiger partial charge in [0.1, 0.15) is 11.4 Å². The highest BCUT2D eigenvalue weighted by atomic mass is 16.6. The van der Waals surface area contributed by atoms with Crippen LogP contribution in [0.1, 0.15) is 37.4 Å². The van der Waals surface area contributed by atoms with Gasteiger partial charge in [-0.25, -0.2) is 0 Å². The molecule has 0 fully saturated rings. The Labute approximate surface area is 151 Å². The SMILES string of the molecule is CC1(C)C[C@@H](NC(=O)/C=C/c2ccc([N+](=O)[O-])cc2)c2ccccc2O1. The maximum Gasteiger partial charge on any atom is 0.269 e. The van der Waals surface area contributed by atoms with Gasteiger partial charge in [-0.2, -0.15) is 0 Å². The first kappa shape index (κ1) is 17.7. The van der Waals surface area contributed by atoms with Crippen molar-refractivity contribution in [2.24, 2.45) is 0 Å². The molecule has 26 heavy (non-hydrogen) atoms. The van der Waals surface area contributed by atoms with Gasteiger partial charge in [-0.3, -0.25) is 14.9 Å². The molecule has 1 aliphatic heterocycles. The van der Waals surface area contributed by atoms with Crippen LogP contribution >= 0.6 is 0 Å². The molecule has 0 radical (unpaired) electrons. The minimum Gasteiger partial charge on any atom is -0.487 e. The van der Waals surface area contributed by atoms with E-state index in [2.05, 4.69) is 5.32 Å². The molecule has 2 aromatic carbocycles. The first-order chi connectivity index (χ1) is 12.3. The molecule has 0 bridgehead atoms. The zero-order chi connectivity index (χ0) is 18.7. The quantitative estimate of drug-likeness (QED) is 0.512. The number of hydrogen-bond donors (Lipinski definition) is 1. The number of carbonyl (C=O) groups is 1. The molecule has 134 valence electrons. The standard InChI is InChI=1S/C20H20N2O4/c1-20(2)13-17(16-5-3-4-6-18(16)26-20)21-19(23)12-9-14-7-10-15(11-8-14)22(24)25/h3-12,17H,13H2,1-2H3,(H,21,23)/b12-9+/t17-/m1/s1. The third-order valence-corrected chi connectivity index (χ3v) is 4.22. The van der Waals surface area contributed by atoms with E-state index in [0.29, 0.717) is 6.42 Å². The molecule has 0 aliphatic carbocycles. The molecule has 0 spiro atoms.